The minimum Gasteiger partial charge on any atom is -0.365 e. The van der Waals surface area contributed by atoms with Gasteiger partial charge in [0.2, 0.25) is 5.91 Å². The lowest BCUT2D eigenvalue weighted by Gasteiger charge is -2.31. The van der Waals surface area contributed by atoms with Crippen LogP contribution in [0.2, 0.25) is 0 Å². The molecule has 0 bridgehead atoms. The lowest BCUT2D eigenvalue weighted by molar-refractivity contribution is -0.126. The molecule has 0 radical (unpaired) electrons. The van der Waals surface area contributed by atoms with Crippen molar-refractivity contribution in [1.82, 2.24) is 25.2 Å². The van der Waals surface area contributed by atoms with Gasteiger partial charge in [-0.1, -0.05) is 41.1 Å². The van der Waals surface area contributed by atoms with Gasteiger partial charge in [0, 0.05) is 37.2 Å². The molecule has 3 heterocycles. The van der Waals surface area contributed by atoms with Crippen LogP contribution < -0.4 is 5.32 Å². The van der Waals surface area contributed by atoms with Crippen LogP contribution in [0.15, 0.2) is 42.5 Å². The van der Waals surface area contributed by atoms with Crippen LogP contribution in [-0.2, 0) is 29.2 Å². The third-order valence-electron chi connectivity index (χ3n) is 6.87. The Morgan fingerprint density at radius 2 is 1.86 bits per heavy atom. The molecular formula is C26H27F2N5O3. The van der Waals surface area contributed by atoms with E-state index in [1.807, 2.05) is 31.2 Å². The van der Waals surface area contributed by atoms with Crippen molar-refractivity contribution in [2.24, 2.45) is 5.92 Å². The Morgan fingerprint density at radius 1 is 1.11 bits per heavy atom. The first-order valence-electron chi connectivity index (χ1n) is 12.0. The summed E-state index contributed by atoms with van der Waals surface area (Å²) in [6.45, 7) is 3.55. The van der Waals surface area contributed by atoms with Crippen LogP contribution in [-0.4, -0.2) is 44.8 Å². The average Bonchev–Trinajstić information content (AvgIpc) is 3.31. The largest absolute Gasteiger partial charge is 0.365 e. The van der Waals surface area contributed by atoms with Gasteiger partial charge >= 0.3 is 0 Å². The number of amides is 2. The number of hydrogen-bond acceptors (Lipinski definition) is 5. The SMILES string of the molecule is Cc1ccc([C@@H]2Cn3nnc(C(=O)N4CCC(C(=O)NCc5ccc(F)cc5F)CC4)c3CO2)cc1. The van der Waals surface area contributed by atoms with E-state index in [2.05, 4.69) is 15.6 Å². The summed E-state index contributed by atoms with van der Waals surface area (Å²) >= 11 is 0. The number of halogens is 2. The van der Waals surface area contributed by atoms with E-state index < -0.39 is 11.6 Å². The number of nitrogens with zero attached hydrogens (tertiary/aromatic N) is 4. The summed E-state index contributed by atoms with van der Waals surface area (Å²) in [5.41, 5.74) is 3.39. The highest BCUT2D eigenvalue weighted by Crippen LogP contribution is 2.28. The molecule has 1 N–H and O–H groups in total. The molecule has 0 spiro atoms. The fourth-order valence-electron chi connectivity index (χ4n) is 4.65. The maximum Gasteiger partial charge on any atom is 0.276 e. The van der Waals surface area contributed by atoms with E-state index in [9.17, 15) is 18.4 Å². The molecule has 1 aromatic heterocycles. The van der Waals surface area contributed by atoms with Gasteiger partial charge in [-0.05, 0) is 31.4 Å². The van der Waals surface area contributed by atoms with Crippen LogP contribution in [0.3, 0.4) is 0 Å². The highest BCUT2D eigenvalue weighted by atomic mass is 19.1. The first-order valence-corrected chi connectivity index (χ1v) is 12.0. The summed E-state index contributed by atoms with van der Waals surface area (Å²) in [6.07, 6.45) is 0.818. The van der Waals surface area contributed by atoms with E-state index in [0.717, 1.165) is 17.7 Å². The molecule has 0 aliphatic carbocycles. The molecule has 1 fully saturated rings. The molecule has 188 valence electrons. The number of piperidine rings is 1. The van der Waals surface area contributed by atoms with Crippen molar-refractivity contribution in [1.29, 1.82) is 0 Å². The third kappa shape index (κ3) is 4.99. The highest BCUT2D eigenvalue weighted by molar-refractivity contribution is 5.93. The Labute approximate surface area is 207 Å². The van der Waals surface area contributed by atoms with E-state index >= 15 is 0 Å². The van der Waals surface area contributed by atoms with E-state index in [1.54, 1.807) is 9.58 Å². The number of aromatic nitrogens is 3. The lowest BCUT2D eigenvalue weighted by atomic mass is 9.95. The van der Waals surface area contributed by atoms with Crippen molar-refractivity contribution >= 4 is 11.8 Å². The maximum absolute atomic E-state index is 13.8. The van der Waals surface area contributed by atoms with Gasteiger partial charge < -0.3 is 15.0 Å². The second kappa shape index (κ2) is 10.1. The molecule has 2 aliphatic rings. The zero-order valence-electron chi connectivity index (χ0n) is 19.9. The van der Waals surface area contributed by atoms with Gasteiger partial charge in [-0.2, -0.15) is 0 Å². The summed E-state index contributed by atoms with van der Waals surface area (Å²) in [4.78, 5) is 27.4. The third-order valence-corrected chi connectivity index (χ3v) is 6.87. The normalized spacial score (nSPS) is 18.1. The standard InChI is InChI=1S/C26H27F2N5O3/c1-16-2-4-17(5-3-16)23-14-33-22(15-36-23)24(30-31-33)26(35)32-10-8-18(9-11-32)25(34)29-13-19-6-7-20(27)12-21(19)28/h2-7,12,18,23H,8-11,13-15H2,1H3,(H,29,34)/t23-/m0/s1. The van der Waals surface area contributed by atoms with Crippen LogP contribution in [0.4, 0.5) is 8.78 Å². The van der Waals surface area contributed by atoms with Crippen molar-refractivity contribution in [3.8, 4) is 0 Å². The quantitative estimate of drug-likeness (QED) is 0.587. The van der Waals surface area contributed by atoms with Gasteiger partial charge in [-0.25, -0.2) is 13.5 Å². The molecule has 0 saturated carbocycles. The first kappa shape index (κ1) is 24.1. The van der Waals surface area contributed by atoms with Crippen LogP contribution >= 0.6 is 0 Å². The van der Waals surface area contributed by atoms with Gasteiger partial charge in [0.05, 0.1) is 18.8 Å². The summed E-state index contributed by atoms with van der Waals surface area (Å²) < 4.78 is 34.6. The number of aryl methyl sites for hydroxylation is 1. The van der Waals surface area contributed by atoms with Crippen molar-refractivity contribution in [2.45, 2.75) is 45.6 Å². The van der Waals surface area contributed by atoms with Crippen LogP contribution in [0, 0.1) is 24.5 Å². The maximum atomic E-state index is 13.8. The summed E-state index contributed by atoms with van der Waals surface area (Å²) in [6, 6.07) is 11.4. The molecular weight excluding hydrogens is 468 g/mol. The number of benzene rings is 2. The van der Waals surface area contributed by atoms with Gasteiger partial charge in [-0.3, -0.25) is 9.59 Å². The zero-order valence-corrected chi connectivity index (χ0v) is 19.9. The molecule has 10 heteroatoms. The number of hydrogen-bond donors (Lipinski definition) is 1. The number of ether oxygens (including phenoxy) is 1. The number of rotatable bonds is 5. The van der Waals surface area contributed by atoms with Crippen LogP contribution in [0.5, 0.6) is 0 Å². The fraction of sp³-hybridized carbons (Fsp3) is 0.385. The predicted octanol–water partition coefficient (Wildman–Crippen LogP) is 3.30. The van der Waals surface area contributed by atoms with Gasteiger partial charge in [0.25, 0.3) is 5.91 Å². The number of nitrogens with one attached hydrogen (secondary N) is 1. The summed E-state index contributed by atoms with van der Waals surface area (Å²) in [7, 11) is 0. The molecule has 0 unspecified atom stereocenters. The van der Waals surface area contributed by atoms with Crippen LogP contribution in [0.25, 0.3) is 0 Å². The zero-order chi connectivity index (χ0) is 25.2. The van der Waals surface area contributed by atoms with E-state index in [0.29, 0.717) is 38.2 Å². The average molecular weight is 496 g/mol. The van der Waals surface area contributed by atoms with E-state index in [-0.39, 0.29) is 48.2 Å². The minimum absolute atomic E-state index is 0.0138. The molecule has 36 heavy (non-hydrogen) atoms. The fourth-order valence-corrected chi connectivity index (χ4v) is 4.65. The Morgan fingerprint density at radius 3 is 2.58 bits per heavy atom. The van der Waals surface area contributed by atoms with E-state index in [1.165, 1.54) is 11.6 Å². The topological polar surface area (TPSA) is 89.4 Å². The summed E-state index contributed by atoms with van der Waals surface area (Å²) in [5, 5.41) is 11.1. The molecule has 2 amide bonds. The van der Waals surface area contributed by atoms with Crippen molar-refractivity contribution in [3.05, 3.63) is 82.2 Å². The molecule has 3 aromatic rings. The number of fused-ring (bicyclic) bond motifs is 1. The molecule has 2 aromatic carbocycles. The number of likely N-dealkylation sites (tertiary alicyclic amines) is 1. The van der Waals surface area contributed by atoms with E-state index in [4.69, 9.17) is 4.74 Å². The number of carbonyl (C=O) groups excluding carboxylic acids is 2. The van der Waals surface area contributed by atoms with Gasteiger partial charge in [0.1, 0.15) is 17.7 Å². The Balaban J connectivity index is 1.15. The summed E-state index contributed by atoms with van der Waals surface area (Å²) in [5.74, 6) is -2.07. The highest BCUT2D eigenvalue weighted by Gasteiger charge is 2.33. The smallest absolute Gasteiger partial charge is 0.276 e. The Hall–Kier alpha value is -3.66. The molecule has 2 aliphatic heterocycles. The van der Waals surface area contributed by atoms with Gasteiger partial charge in [-0.15, -0.1) is 5.10 Å². The first-order chi connectivity index (χ1) is 17.4. The second-order valence-electron chi connectivity index (χ2n) is 9.30. The number of carbonyl (C=O) groups is 2. The second-order valence-corrected chi connectivity index (χ2v) is 9.30. The molecule has 1 atom stereocenters. The van der Waals surface area contributed by atoms with Crippen molar-refractivity contribution in [2.75, 3.05) is 13.1 Å². The minimum atomic E-state index is -0.693. The molecule has 8 nitrogen and oxygen atoms in total. The lowest BCUT2D eigenvalue weighted by Crippen LogP contribution is -2.43. The Kier molecular flexibility index (Phi) is 6.77. The molecule has 1 saturated heterocycles. The van der Waals surface area contributed by atoms with Crippen molar-refractivity contribution in [3.63, 3.8) is 0 Å². The molecule has 5 rings (SSSR count). The predicted molar refractivity (Wildman–Crippen MR) is 126 cm³/mol. The monoisotopic (exact) mass is 495 g/mol. The van der Waals surface area contributed by atoms with Crippen molar-refractivity contribution < 1.29 is 23.1 Å². The Bertz CT molecular complexity index is 1270. The van der Waals surface area contributed by atoms with Gasteiger partial charge in [0.15, 0.2) is 5.69 Å². The van der Waals surface area contributed by atoms with Crippen LogP contribution in [0.1, 0.15) is 51.8 Å².